The van der Waals surface area contributed by atoms with Gasteiger partial charge in [-0.05, 0) is 145 Å². The summed E-state index contributed by atoms with van der Waals surface area (Å²) in [6.45, 7) is 4.86. The summed E-state index contributed by atoms with van der Waals surface area (Å²) in [5, 5.41) is 2.65. The second kappa shape index (κ2) is 27.8. The van der Waals surface area contributed by atoms with Crippen LogP contribution in [0.2, 0.25) is 0 Å². The maximum absolute atomic E-state index is 6.32. The van der Waals surface area contributed by atoms with Gasteiger partial charge in [-0.15, -0.1) is 0 Å². The monoisotopic (exact) mass is 1190 g/mol. The molecule has 8 bridgehead atoms. The lowest BCUT2D eigenvalue weighted by molar-refractivity contribution is 0.304. The highest BCUT2D eigenvalue weighted by Gasteiger charge is 2.28. The molecule has 0 atom stereocenters. The van der Waals surface area contributed by atoms with Crippen molar-refractivity contribution in [2.75, 3.05) is 42.4 Å². The molecule has 9 rings (SSSR count). The summed E-state index contributed by atoms with van der Waals surface area (Å²) >= 11 is 10.6. The zero-order chi connectivity index (χ0) is 51.6. The topological polar surface area (TPSA) is 86.4 Å². The fourth-order valence-electron chi connectivity index (χ4n) is 9.48. The number of alkyl halides is 3. The molecule has 4 aromatic carbocycles. The molecule has 5 aliphatic rings. The maximum Gasteiger partial charge on any atom is 0.119 e. The minimum Gasteiger partial charge on any atom is -0.494 e. The van der Waals surface area contributed by atoms with Crippen molar-refractivity contribution in [1.29, 1.82) is 0 Å². The molecule has 4 aromatic rings. The second-order valence-corrected chi connectivity index (χ2v) is 21.2. The molecule has 0 amide bonds. The lowest BCUT2D eigenvalue weighted by Gasteiger charge is -2.14. The van der Waals surface area contributed by atoms with Gasteiger partial charge in [0.15, 0.2) is 0 Å². The van der Waals surface area contributed by atoms with Gasteiger partial charge in [0, 0.05) is 38.3 Å². The molecule has 0 unspecified atom stereocenters. The summed E-state index contributed by atoms with van der Waals surface area (Å²) in [4.78, 5) is 22.0. The molecule has 5 aliphatic heterocycles. The van der Waals surface area contributed by atoms with E-state index in [2.05, 4.69) is 164 Å². The Morgan fingerprint density at radius 1 is 0.293 bits per heavy atom. The van der Waals surface area contributed by atoms with Crippen LogP contribution in [0.1, 0.15) is 106 Å². The summed E-state index contributed by atoms with van der Waals surface area (Å²) < 4.78 is 24.6. The Hall–Kier alpha value is -5.88. The van der Waals surface area contributed by atoms with Gasteiger partial charge < -0.3 is 18.9 Å². The van der Waals surface area contributed by atoms with Crippen molar-refractivity contribution in [2.45, 2.75) is 84.0 Å². The Bertz CT molecular complexity index is 2970. The maximum atomic E-state index is 6.32. The lowest BCUT2D eigenvalue weighted by Crippen LogP contribution is -2.04. The number of allylic oxidation sites excluding steroid dienone is 12. The lowest BCUT2D eigenvalue weighted by atomic mass is 9.98. The van der Waals surface area contributed by atoms with Gasteiger partial charge >= 0.3 is 0 Å². The molecule has 0 aromatic heterocycles. The molecule has 0 aliphatic carbocycles. The van der Waals surface area contributed by atoms with Gasteiger partial charge in [-0.1, -0.05) is 155 Å². The number of fused-ring (bicyclic) bond motifs is 4. The number of hydrogen-bond acceptors (Lipinski definition) is 8. The standard InChI is InChI=1S/C64H65Br3N4O4/c1-2-3-4-5-6-7-8-9-10-41-72-49-22-14-45(15-23-49)61-53-30-32-55(68-53)62(46-16-24-50(25-17-46)73-42-11-38-65)57-34-36-59(70-57)64(48-20-28-52(29-21-48)75-44-13-40-67)60-37-35-58(71-60)63(56-33-31-54(61)69-56)47-18-26-51(27-19-47)74-43-12-39-66/h14-37H,2-13,38-44H2,1H3. The second-order valence-electron chi connectivity index (χ2n) is 18.8. The summed E-state index contributed by atoms with van der Waals surface area (Å²) in [6.07, 6.45) is 31.0. The van der Waals surface area contributed by atoms with Gasteiger partial charge in [0.2, 0.25) is 0 Å². The Morgan fingerprint density at radius 3 is 0.787 bits per heavy atom. The van der Waals surface area contributed by atoms with Crippen molar-refractivity contribution in [3.63, 3.8) is 0 Å². The van der Waals surface area contributed by atoms with Crippen LogP contribution in [0, 0.1) is 0 Å². The van der Waals surface area contributed by atoms with Gasteiger partial charge in [-0.3, -0.25) is 0 Å². The SMILES string of the molecule is CCCCCCCCCCCOc1ccc(C2=C3C=CC(=N3)C(c3ccc(OCCCBr)cc3)=C3C=CC(=N3)C(c3ccc(OCCCBr)cc3)=C3C=CC(=N3)C(c3ccc(OCCCBr)cc3)=C3C=CC2=N3)cc1. The van der Waals surface area contributed by atoms with Crippen LogP contribution >= 0.6 is 47.8 Å². The van der Waals surface area contributed by atoms with Crippen LogP contribution in [0.3, 0.4) is 0 Å². The first-order valence-electron chi connectivity index (χ1n) is 26.7. The molecule has 0 spiro atoms. The summed E-state index contributed by atoms with van der Waals surface area (Å²) in [5.74, 6) is 3.29. The number of ether oxygens (including phenoxy) is 4. The minimum atomic E-state index is 0.628. The third-order valence-electron chi connectivity index (χ3n) is 13.3. The van der Waals surface area contributed by atoms with E-state index in [4.69, 9.17) is 38.9 Å². The van der Waals surface area contributed by atoms with E-state index in [9.17, 15) is 0 Å². The van der Waals surface area contributed by atoms with E-state index in [0.29, 0.717) is 26.4 Å². The first-order valence-corrected chi connectivity index (χ1v) is 30.1. The zero-order valence-corrected chi connectivity index (χ0v) is 47.6. The molecule has 0 saturated carbocycles. The summed E-state index contributed by atoms with van der Waals surface area (Å²) in [6, 6.07) is 33.2. The zero-order valence-electron chi connectivity index (χ0n) is 42.8. The van der Waals surface area contributed by atoms with E-state index in [0.717, 1.165) is 155 Å². The number of nitrogens with zero attached hydrogens (tertiary/aromatic N) is 4. The highest BCUT2D eigenvalue weighted by atomic mass is 79.9. The normalized spacial score (nSPS) is 15.6. The largest absolute Gasteiger partial charge is 0.494 e. The van der Waals surface area contributed by atoms with E-state index < -0.39 is 0 Å². The fraction of sp³-hybridized carbons (Fsp3) is 0.312. The Labute approximate surface area is 468 Å². The number of unbranched alkanes of at least 4 members (excludes halogenated alkanes) is 8. The molecular formula is C64H65Br3N4O4. The highest BCUT2D eigenvalue weighted by Crippen LogP contribution is 2.39. The van der Waals surface area contributed by atoms with E-state index in [1.165, 1.54) is 51.4 Å². The molecule has 0 N–H and O–H groups in total. The Kier molecular flexibility index (Phi) is 20.0. The van der Waals surface area contributed by atoms with Gasteiger partial charge in [-0.25, -0.2) is 20.0 Å². The van der Waals surface area contributed by atoms with Crippen LogP contribution in [0.15, 0.2) is 188 Å². The molecule has 0 radical (unpaired) electrons. The predicted octanol–water partition coefficient (Wildman–Crippen LogP) is 17.1. The highest BCUT2D eigenvalue weighted by molar-refractivity contribution is 9.09. The number of aliphatic imine (C=N–C) groups is 4. The van der Waals surface area contributed by atoms with Crippen molar-refractivity contribution in [3.8, 4) is 23.0 Å². The first kappa shape index (κ1) is 53.9. The molecule has 0 saturated heterocycles. The van der Waals surface area contributed by atoms with E-state index >= 15 is 0 Å². The van der Waals surface area contributed by atoms with Crippen molar-refractivity contribution in [3.05, 3.63) is 191 Å². The predicted molar refractivity (Wildman–Crippen MR) is 324 cm³/mol. The van der Waals surface area contributed by atoms with Crippen LogP contribution < -0.4 is 18.9 Å². The Balaban J connectivity index is 1.15. The minimum absolute atomic E-state index is 0.628. The molecule has 8 nitrogen and oxygen atoms in total. The molecular weight excluding hydrogens is 1130 g/mol. The van der Waals surface area contributed by atoms with Crippen molar-refractivity contribution in [2.24, 2.45) is 20.0 Å². The van der Waals surface area contributed by atoms with Crippen molar-refractivity contribution >= 4 is 92.9 Å². The van der Waals surface area contributed by atoms with Crippen LogP contribution in [-0.4, -0.2) is 65.3 Å². The molecule has 386 valence electrons. The van der Waals surface area contributed by atoms with Crippen LogP contribution in [0.5, 0.6) is 23.0 Å². The average molecular weight is 1190 g/mol. The smallest absolute Gasteiger partial charge is 0.119 e. The third-order valence-corrected chi connectivity index (χ3v) is 15.0. The first-order chi connectivity index (χ1) is 37.0. The van der Waals surface area contributed by atoms with Crippen LogP contribution in [0.4, 0.5) is 0 Å². The number of rotatable bonds is 27. The molecule has 75 heavy (non-hydrogen) atoms. The van der Waals surface area contributed by atoms with Gasteiger partial charge in [0.25, 0.3) is 0 Å². The fourth-order valence-corrected chi connectivity index (χ4v) is 10.2. The third kappa shape index (κ3) is 14.1. The van der Waals surface area contributed by atoms with E-state index in [1.807, 2.05) is 36.4 Å². The van der Waals surface area contributed by atoms with E-state index in [-0.39, 0.29) is 0 Å². The number of hydrogen-bond donors (Lipinski definition) is 0. The quantitative estimate of drug-likeness (QED) is 0.0440. The number of benzene rings is 4. The summed E-state index contributed by atoms with van der Waals surface area (Å²) in [5.41, 5.74) is 13.9. The van der Waals surface area contributed by atoms with Crippen molar-refractivity contribution in [1.82, 2.24) is 0 Å². The van der Waals surface area contributed by atoms with Crippen LogP contribution in [0.25, 0.3) is 22.3 Å². The average Bonchev–Trinajstić information content (AvgIpc) is 4.31. The number of halogens is 3. The van der Waals surface area contributed by atoms with Gasteiger partial charge in [-0.2, -0.15) is 0 Å². The molecule has 11 heteroatoms. The molecule has 0 fully saturated rings. The van der Waals surface area contributed by atoms with Gasteiger partial charge in [0.05, 0.1) is 72.1 Å². The van der Waals surface area contributed by atoms with Gasteiger partial charge in [0.1, 0.15) is 23.0 Å². The van der Waals surface area contributed by atoms with E-state index in [1.54, 1.807) is 0 Å². The Morgan fingerprint density at radius 2 is 0.533 bits per heavy atom. The summed E-state index contributed by atoms with van der Waals surface area (Å²) in [7, 11) is 0. The molecule has 5 heterocycles. The van der Waals surface area contributed by atoms with Crippen molar-refractivity contribution < 1.29 is 18.9 Å². The van der Waals surface area contributed by atoms with Crippen LogP contribution in [-0.2, 0) is 0 Å².